The quantitative estimate of drug-likeness (QED) is 0.535. The van der Waals surface area contributed by atoms with Crippen molar-refractivity contribution in [2.75, 3.05) is 6.61 Å². The fourth-order valence-corrected chi connectivity index (χ4v) is 1.77. The number of rotatable bonds is 4. The molecule has 2 N–H and O–H groups in total. The van der Waals surface area contributed by atoms with Crippen molar-refractivity contribution in [3.8, 4) is 0 Å². The summed E-state index contributed by atoms with van der Waals surface area (Å²) in [5.74, 6) is 0. The Morgan fingerprint density at radius 3 is 2.36 bits per heavy atom. The van der Waals surface area contributed by atoms with Crippen LogP contribution >= 0.6 is 0 Å². The number of hydrogen-bond donors (Lipinski definition) is 2. The number of aliphatic hydroxyl groups is 2. The van der Waals surface area contributed by atoms with Crippen molar-refractivity contribution in [3.05, 3.63) is 30.3 Å². The number of benzene rings is 1. The van der Waals surface area contributed by atoms with Crippen molar-refractivity contribution in [2.45, 2.75) is 11.2 Å². The number of aliphatic hydroxyl groups excluding tert-OH is 2. The summed E-state index contributed by atoms with van der Waals surface area (Å²) in [5.41, 5.74) is 0. The molecule has 0 saturated carbocycles. The minimum absolute atomic E-state index is 0.0625. The van der Waals surface area contributed by atoms with Crippen molar-refractivity contribution >= 4 is 10.1 Å². The van der Waals surface area contributed by atoms with Gasteiger partial charge in [-0.1, -0.05) is 18.2 Å². The molecule has 0 radical (unpaired) electrons. The zero-order valence-corrected chi connectivity index (χ0v) is 8.02. The van der Waals surface area contributed by atoms with Crippen LogP contribution in [0.5, 0.6) is 0 Å². The molecule has 0 spiro atoms. The summed E-state index contributed by atoms with van der Waals surface area (Å²) in [6.07, 6.45) is -1.72. The molecule has 0 amide bonds. The average Bonchev–Trinajstić information content (AvgIpc) is 2.18. The summed E-state index contributed by atoms with van der Waals surface area (Å²) >= 11 is 0. The van der Waals surface area contributed by atoms with Gasteiger partial charge in [-0.05, 0) is 12.1 Å². The third-order valence-electron chi connectivity index (χ3n) is 1.43. The zero-order chi connectivity index (χ0) is 10.6. The van der Waals surface area contributed by atoms with Gasteiger partial charge in [0.1, 0.15) is 0 Å². The van der Waals surface area contributed by atoms with E-state index < -0.39 is 23.0 Å². The van der Waals surface area contributed by atoms with Crippen LogP contribution in [0, 0.1) is 0 Å². The first-order valence-electron chi connectivity index (χ1n) is 3.83. The van der Waals surface area contributed by atoms with E-state index in [1.165, 1.54) is 24.3 Å². The van der Waals surface area contributed by atoms with Gasteiger partial charge in [-0.25, -0.2) is 4.18 Å². The van der Waals surface area contributed by atoms with Crippen molar-refractivity contribution in [1.82, 2.24) is 0 Å². The molecule has 1 aromatic carbocycles. The first-order chi connectivity index (χ1) is 6.56. The van der Waals surface area contributed by atoms with Crippen molar-refractivity contribution < 1.29 is 22.8 Å². The molecule has 14 heavy (non-hydrogen) atoms. The van der Waals surface area contributed by atoms with Gasteiger partial charge < -0.3 is 10.2 Å². The Balaban J connectivity index is 2.87. The summed E-state index contributed by atoms with van der Waals surface area (Å²) in [6, 6.07) is 7.38. The fourth-order valence-electron chi connectivity index (χ4n) is 0.819. The largest absolute Gasteiger partial charge is 0.391 e. The van der Waals surface area contributed by atoms with E-state index in [1.54, 1.807) is 6.07 Å². The molecule has 1 unspecified atom stereocenters. The molecule has 6 heteroatoms. The molecule has 5 nitrogen and oxygen atoms in total. The lowest BCUT2D eigenvalue weighted by Gasteiger charge is -2.08. The van der Waals surface area contributed by atoms with Gasteiger partial charge in [0, 0.05) is 0 Å². The molecule has 1 rings (SSSR count). The Kier molecular flexibility index (Phi) is 3.59. The highest BCUT2D eigenvalue weighted by Gasteiger charge is 2.18. The molecule has 1 aromatic rings. The highest BCUT2D eigenvalue weighted by Crippen LogP contribution is 2.12. The molecule has 0 aliphatic carbocycles. The summed E-state index contributed by atoms with van der Waals surface area (Å²) in [7, 11) is -3.98. The van der Waals surface area contributed by atoms with E-state index in [9.17, 15) is 8.42 Å². The second kappa shape index (κ2) is 4.52. The first kappa shape index (κ1) is 11.1. The molecule has 78 valence electrons. The maximum Gasteiger partial charge on any atom is 0.299 e. The first-order valence-corrected chi connectivity index (χ1v) is 5.24. The SMILES string of the molecule is O=S(=O)(OC(O)CO)c1ccccc1. The Bertz CT molecular complexity index is 372. The van der Waals surface area contributed by atoms with E-state index in [2.05, 4.69) is 4.18 Å². The van der Waals surface area contributed by atoms with Gasteiger partial charge in [0.05, 0.1) is 11.5 Å². The van der Waals surface area contributed by atoms with Gasteiger partial charge in [-0.15, -0.1) is 0 Å². The van der Waals surface area contributed by atoms with Crippen LogP contribution in [0.25, 0.3) is 0 Å². The van der Waals surface area contributed by atoms with E-state index in [-0.39, 0.29) is 4.90 Å². The molecular formula is C8H10O5S. The van der Waals surface area contributed by atoms with Gasteiger partial charge >= 0.3 is 0 Å². The fraction of sp³-hybridized carbons (Fsp3) is 0.250. The molecule has 0 aliphatic heterocycles. The van der Waals surface area contributed by atoms with E-state index >= 15 is 0 Å². The van der Waals surface area contributed by atoms with Crippen LogP contribution in [0.15, 0.2) is 35.2 Å². The summed E-state index contributed by atoms with van der Waals surface area (Å²) < 4.78 is 26.9. The summed E-state index contributed by atoms with van der Waals surface area (Å²) in [4.78, 5) is -0.0625. The zero-order valence-electron chi connectivity index (χ0n) is 7.20. The van der Waals surface area contributed by atoms with Crippen molar-refractivity contribution in [1.29, 1.82) is 0 Å². The van der Waals surface area contributed by atoms with Gasteiger partial charge in [0.25, 0.3) is 10.1 Å². The predicted octanol–water partition coefficient (Wildman–Crippen LogP) is -0.297. The third kappa shape index (κ3) is 2.78. The highest BCUT2D eigenvalue weighted by atomic mass is 32.2. The van der Waals surface area contributed by atoms with E-state index in [4.69, 9.17) is 10.2 Å². The maximum absolute atomic E-state index is 11.3. The smallest absolute Gasteiger partial charge is 0.299 e. The van der Waals surface area contributed by atoms with Crippen LogP contribution < -0.4 is 0 Å². The van der Waals surface area contributed by atoms with E-state index in [0.717, 1.165) is 0 Å². The second-order valence-corrected chi connectivity index (χ2v) is 4.07. The normalized spacial score (nSPS) is 13.9. The van der Waals surface area contributed by atoms with Crippen LogP contribution in [0.2, 0.25) is 0 Å². The monoisotopic (exact) mass is 218 g/mol. The van der Waals surface area contributed by atoms with Crippen LogP contribution in [0.4, 0.5) is 0 Å². The van der Waals surface area contributed by atoms with E-state index in [0.29, 0.717) is 0 Å². The minimum atomic E-state index is -3.98. The standard InChI is InChI=1S/C8H10O5S/c9-6-8(10)13-14(11,12)7-4-2-1-3-5-7/h1-5,8-10H,6H2. The molecule has 0 bridgehead atoms. The maximum atomic E-state index is 11.3. The van der Waals surface area contributed by atoms with Crippen LogP contribution in [0.1, 0.15) is 0 Å². The Morgan fingerprint density at radius 1 is 1.29 bits per heavy atom. The van der Waals surface area contributed by atoms with Gasteiger partial charge in [-0.3, -0.25) is 0 Å². The molecule has 0 fully saturated rings. The molecule has 0 aliphatic rings. The molecule has 0 aromatic heterocycles. The van der Waals surface area contributed by atoms with Crippen molar-refractivity contribution in [3.63, 3.8) is 0 Å². The Morgan fingerprint density at radius 2 is 1.86 bits per heavy atom. The average molecular weight is 218 g/mol. The highest BCUT2D eigenvalue weighted by molar-refractivity contribution is 7.86. The van der Waals surface area contributed by atoms with E-state index in [1.807, 2.05) is 0 Å². The second-order valence-electron chi connectivity index (χ2n) is 2.50. The lowest BCUT2D eigenvalue weighted by molar-refractivity contribution is -0.0504. The molecule has 0 saturated heterocycles. The topological polar surface area (TPSA) is 83.8 Å². The summed E-state index contributed by atoms with van der Waals surface area (Å²) in [5, 5.41) is 17.2. The Hall–Kier alpha value is -0.950. The third-order valence-corrected chi connectivity index (χ3v) is 2.75. The Labute approximate surface area is 81.7 Å². The summed E-state index contributed by atoms with van der Waals surface area (Å²) in [6.45, 7) is -0.772. The van der Waals surface area contributed by atoms with Crippen LogP contribution in [0.3, 0.4) is 0 Å². The lowest BCUT2D eigenvalue weighted by atomic mass is 10.4. The minimum Gasteiger partial charge on any atom is -0.391 e. The lowest BCUT2D eigenvalue weighted by Crippen LogP contribution is -2.21. The molecule has 0 heterocycles. The van der Waals surface area contributed by atoms with Crippen LogP contribution in [-0.4, -0.2) is 31.5 Å². The van der Waals surface area contributed by atoms with Gasteiger partial charge in [-0.2, -0.15) is 8.42 Å². The predicted molar refractivity (Wildman–Crippen MR) is 47.8 cm³/mol. The van der Waals surface area contributed by atoms with Gasteiger partial charge in [0.2, 0.25) is 0 Å². The van der Waals surface area contributed by atoms with Crippen molar-refractivity contribution in [2.24, 2.45) is 0 Å². The van der Waals surface area contributed by atoms with Crippen LogP contribution in [-0.2, 0) is 14.3 Å². The van der Waals surface area contributed by atoms with Gasteiger partial charge in [0.15, 0.2) is 6.29 Å². The molecule has 1 atom stereocenters. The number of hydrogen-bond acceptors (Lipinski definition) is 5. The molecular weight excluding hydrogens is 208 g/mol.